The third kappa shape index (κ3) is 4.11. The van der Waals surface area contributed by atoms with Gasteiger partial charge >= 0.3 is 5.97 Å². The Balaban J connectivity index is 2.61. The van der Waals surface area contributed by atoms with Crippen molar-refractivity contribution in [2.24, 2.45) is 0 Å². The molecule has 0 aliphatic carbocycles. The second kappa shape index (κ2) is 8.22. The fraction of sp³-hybridized carbons (Fsp3) is 0.211. The van der Waals surface area contributed by atoms with Gasteiger partial charge in [-0.05, 0) is 42.8 Å². The van der Waals surface area contributed by atoms with Crippen molar-refractivity contribution >= 4 is 21.7 Å². The second-order valence-electron chi connectivity index (χ2n) is 5.61. The Labute approximate surface area is 157 Å². The molecule has 0 saturated heterocycles. The number of anilines is 1. The normalized spacial score (nSPS) is 11.0. The Morgan fingerprint density at radius 3 is 2.48 bits per heavy atom. The average Bonchev–Trinajstić information content (AvgIpc) is 2.66. The van der Waals surface area contributed by atoms with Crippen molar-refractivity contribution in [3.05, 3.63) is 66.0 Å². The number of aryl methyl sites for hydroxylation is 1. The van der Waals surface area contributed by atoms with Crippen LogP contribution in [0.15, 0.2) is 53.9 Å². The zero-order chi connectivity index (χ0) is 20.2. The first kappa shape index (κ1) is 20.4. The van der Waals surface area contributed by atoms with Crippen molar-refractivity contribution in [2.45, 2.75) is 11.8 Å². The largest absolute Gasteiger partial charge is 0.494 e. The number of sulfonamides is 1. The van der Waals surface area contributed by atoms with Gasteiger partial charge in [0.25, 0.3) is 10.0 Å². The predicted octanol–water partition coefficient (Wildman–Crippen LogP) is 3.31. The van der Waals surface area contributed by atoms with Crippen molar-refractivity contribution in [1.29, 1.82) is 0 Å². The lowest BCUT2D eigenvalue weighted by atomic mass is 10.1. The smallest absolute Gasteiger partial charge is 0.337 e. The number of rotatable bonds is 7. The highest BCUT2D eigenvalue weighted by Gasteiger charge is 2.27. The molecule has 8 heteroatoms. The van der Waals surface area contributed by atoms with Gasteiger partial charge in [0.05, 0.1) is 36.9 Å². The Hall–Kier alpha value is -2.87. The van der Waals surface area contributed by atoms with E-state index in [-0.39, 0.29) is 28.4 Å². The number of hydrogen-bond acceptors (Lipinski definition) is 5. The molecular weight excluding hydrogens is 373 g/mol. The number of carbonyl (C=O) groups is 1. The molecule has 0 atom stereocenters. The highest BCUT2D eigenvalue weighted by Crippen LogP contribution is 2.30. The number of methoxy groups -OCH3 is 2. The van der Waals surface area contributed by atoms with E-state index in [1.54, 1.807) is 13.0 Å². The number of halogens is 1. The van der Waals surface area contributed by atoms with Crippen molar-refractivity contribution in [2.75, 3.05) is 25.1 Å². The summed E-state index contributed by atoms with van der Waals surface area (Å²) in [7, 11) is -1.59. The van der Waals surface area contributed by atoms with Gasteiger partial charge in [-0.2, -0.15) is 0 Å². The van der Waals surface area contributed by atoms with Gasteiger partial charge in [-0.3, -0.25) is 4.31 Å². The number of esters is 1. The molecule has 0 radical (unpaired) electrons. The molecule has 0 aromatic heterocycles. The SMILES string of the molecule is C=CCN(c1cc(C(=O)OC)ccc1C)S(=O)(=O)c1ccc(OC)c(F)c1. The Morgan fingerprint density at radius 1 is 1.22 bits per heavy atom. The van der Waals surface area contributed by atoms with Crippen LogP contribution in [0.2, 0.25) is 0 Å². The van der Waals surface area contributed by atoms with Crippen molar-refractivity contribution in [3.8, 4) is 5.75 Å². The van der Waals surface area contributed by atoms with E-state index in [2.05, 4.69) is 6.58 Å². The fourth-order valence-corrected chi connectivity index (χ4v) is 4.01. The molecule has 2 aromatic carbocycles. The van der Waals surface area contributed by atoms with Crippen LogP contribution >= 0.6 is 0 Å². The molecule has 0 bridgehead atoms. The van der Waals surface area contributed by atoms with E-state index in [9.17, 15) is 17.6 Å². The van der Waals surface area contributed by atoms with Crippen LogP contribution in [-0.2, 0) is 14.8 Å². The van der Waals surface area contributed by atoms with E-state index in [1.807, 2.05) is 0 Å². The Morgan fingerprint density at radius 2 is 1.93 bits per heavy atom. The predicted molar refractivity (Wildman–Crippen MR) is 100 cm³/mol. The lowest BCUT2D eigenvalue weighted by Gasteiger charge is -2.25. The van der Waals surface area contributed by atoms with Crippen LogP contribution < -0.4 is 9.04 Å². The topological polar surface area (TPSA) is 72.9 Å². The van der Waals surface area contributed by atoms with Gasteiger partial charge < -0.3 is 9.47 Å². The molecule has 0 saturated carbocycles. The minimum atomic E-state index is -4.12. The maximum atomic E-state index is 14.0. The maximum Gasteiger partial charge on any atom is 0.337 e. The van der Waals surface area contributed by atoms with Crippen LogP contribution in [0.3, 0.4) is 0 Å². The summed E-state index contributed by atoms with van der Waals surface area (Å²) in [5.41, 5.74) is 1.08. The molecule has 2 aromatic rings. The van der Waals surface area contributed by atoms with Gasteiger partial charge in [-0.15, -0.1) is 6.58 Å². The van der Waals surface area contributed by atoms with E-state index in [4.69, 9.17) is 9.47 Å². The van der Waals surface area contributed by atoms with Crippen LogP contribution in [0.5, 0.6) is 5.75 Å². The highest BCUT2D eigenvalue weighted by molar-refractivity contribution is 7.92. The average molecular weight is 393 g/mol. The second-order valence-corrected chi connectivity index (χ2v) is 7.48. The van der Waals surface area contributed by atoms with Crippen LogP contribution in [-0.4, -0.2) is 35.2 Å². The summed E-state index contributed by atoms with van der Waals surface area (Å²) < 4.78 is 50.9. The number of ether oxygens (including phenoxy) is 2. The Kier molecular flexibility index (Phi) is 6.22. The number of nitrogens with zero attached hydrogens (tertiary/aromatic N) is 1. The van der Waals surface area contributed by atoms with Crippen molar-refractivity contribution in [1.82, 2.24) is 0 Å². The van der Waals surface area contributed by atoms with E-state index >= 15 is 0 Å². The minimum absolute atomic E-state index is 0.0620. The van der Waals surface area contributed by atoms with Gasteiger partial charge in [0.15, 0.2) is 11.6 Å². The van der Waals surface area contributed by atoms with Crippen LogP contribution in [0, 0.1) is 12.7 Å². The summed E-state index contributed by atoms with van der Waals surface area (Å²) in [6.07, 6.45) is 1.40. The number of carbonyl (C=O) groups excluding carboxylic acids is 1. The Bertz CT molecular complexity index is 972. The summed E-state index contributed by atoms with van der Waals surface area (Å²) in [6.45, 7) is 5.23. The van der Waals surface area contributed by atoms with E-state index in [0.717, 1.165) is 10.4 Å². The molecule has 6 nitrogen and oxygen atoms in total. The molecule has 0 amide bonds. The highest BCUT2D eigenvalue weighted by atomic mass is 32.2. The molecule has 0 N–H and O–H groups in total. The summed E-state index contributed by atoms with van der Waals surface area (Å²) in [4.78, 5) is 11.6. The summed E-state index contributed by atoms with van der Waals surface area (Å²) in [5, 5.41) is 0. The molecule has 0 spiro atoms. The van der Waals surface area contributed by atoms with Gasteiger partial charge in [0.1, 0.15) is 0 Å². The monoisotopic (exact) mass is 393 g/mol. The minimum Gasteiger partial charge on any atom is -0.494 e. The molecule has 0 unspecified atom stereocenters. The van der Waals surface area contributed by atoms with Crippen LogP contribution in [0.1, 0.15) is 15.9 Å². The zero-order valence-electron chi connectivity index (χ0n) is 15.2. The maximum absolute atomic E-state index is 14.0. The van der Waals surface area contributed by atoms with Crippen molar-refractivity contribution in [3.63, 3.8) is 0 Å². The number of hydrogen-bond donors (Lipinski definition) is 0. The third-order valence-corrected chi connectivity index (χ3v) is 5.68. The van der Waals surface area contributed by atoms with Gasteiger partial charge in [-0.1, -0.05) is 12.1 Å². The van der Waals surface area contributed by atoms with Crippen molar-refractivity contribution < 1.29 is 27.1 Å². The van der Waals surface area contributed by atoms with E-state index in [1.165, 1.54) is 44.6 Å². The summed E-state index contributed by atoms with van der Waals surface area (Å²) in [6, 6.07) is 7.96. The zero-order valence-corrected chi connectivity index (χ0v) is 16.0. The molecule has 0 aliphatic rings. The molecular formula is C19H20FNO5S. The van der Waals surface area contributed by atoms with Crippen LogP contribution in [0.4, 0.5) is 10.1 Å². The quantitative estimate of drug-likeness (QED) is 0.533. The standard InChI is InChI=1S/C19H20FNO5S/c1-5-10-21(17-11-14(19(22)26-4)7-6-13(17)2)27(23,24)15-8-9-18(25-3)16(20)12-15/h5-9,11-12H,1,10H2,2-4H3. The molecule has 0 fully saturated rings. The molecule has 0 heterocycles. The first-order chi connectivity index (χ1) is 12.8. The molecule has 0 aliphatic heterocycles. The van der Waals surface area contributed by atoms with Gasteiger partial charge in [-0.25, -0.2) is 17.6 Å². The molecule has 27 heavy (non-hydrogen) atoms. The lowest BCUT2D eigenvalue weighted by molar-refractivity contribution is 0.0600. The van der Waals surface area contributed by atoms with Gasteiger partial charge in [0.2, 0.25) is 0 Å². The molecule has 2 rings (SSSR count). The number of benzene rings is 2. The first-order valence-corrected chi connectivity index (χ1v) is 9.36. The van der Waals surface area contributed by atoms with E-state index in [0.29, 0.717) is 5.56 Å². The summed E-state index contributed by atoms with van der Waals surface area (Å²) in [5.74, 6) is -1.45. The first-order valence-electron chi connectivity index (χ1n) is 7.92. The summed E-state index contributed by atoms with van der Waals surface area (Å²) >= 11 is 0. The third-order valence-electron chi connectivity index (χ3n) is 3.91. The fourth-order valence-electron chi connectivity index (χ4n) is 2.50. The van der Waals surface area contributed by atoms with Crippen LogP contribution in [0.25, 0.3) is 0 Å². The lowest BCUT2D eigenvalue weighted by Crippen LogP contribution is -2.32. The van der Waals surface area contributed by atoms with E-state index < -0.39 is 21.8 Å². The van der Waals surface area contributed by atoms with Gasteiger partial charge in [0, 0.05) is 0 Å². The molecule has 144 valence electrons.